The predicted molar refractivity (Wildman–Crippen MR) is 129 cm³/mol. The number of rotatable bonds is 9. The summed E-state index contributed by atoms with van der Waals surface area (Å²) in [5, 5.41) is 15.4. The van der Waals surface area contributed by atoms with Gasteiger partial charge in [0.15, 0.2) is 5.78 Å². The van der Waals surface area contributed by atoms with Crippen LogP contribution in [0.2, 0.25) is 0 Å². The Morgan fingerprint density at radius 3 is 2.24 bits per heavy atom. The highest BCUT2D eigenvalue weighted by atomic mass is 16.6. The summed E-state index contributed by atoms with van der Waals surface area (Å²) in [6, 6.07) is 23.5. The quantitative estimate of drug-likeness (QED) is 0.190. The van der Waals surface area contributed by atoms with E-state index in [1.165, 1.54) is 12.1 Å². The van der Waals surface area contributed by atoms with Gasteiger partial charge in [-0.2, -0.15) is 5.10 Å². The molecule has 0 unspecified atom stereocenters. The molecule has 0 aliphatic heterocycles. The molecule has 0 aliphatic rings. The van der Waals surface area contributed by atoms with E-state index in [4.69, 9.17) is 4.74 Å². The van der Waals surface area contributed by atoms with Gasteiger partial charge in [0.05, 0.1) is 17.2 Å². The Balaban J connectivity index is 1.40. The van der Waals surface area contributed by atoms with Crippen molar-refractivity contribution < 1.29 is 14.5 Å². The van der Waals surface area contributed by atoms with Crippen LogP contribution >= 0.6 is 0 Å². The number of nitro groups is 1. The first kappa shape index (κ1) is 22.9. The first-order chi connectivity index (χ1) is 16.4. The normalized spacial score (nSPS) is 10.8. The highest BCUT2D eigenvalue weighted by Crippen LogP contribution is 2.20. The van der Waals surface area contributed by atoms with Crippen LogP contribution in [0.4, 0.5) is 5.69 Å². The van der Waals surface area contributed by atoms with Crippen molar-refractivity contribution in [3.8, 4) is 5.75 Å². The van der Waals surface area contributed by atoms with Crippen LogP contribution in [0.15, 0.2) is 78.9 Å². The van der Waals surface area contributed by atoms with Gasteiger partial charge in [-0.15, -0.1) is 0 Å². The molecule has 0 aliphatic carbocycles. The summed E-state index contributed by atoms with van der Waals surface area (Å²) in [6.07, 6.45) is 0.262. The van der Waals surface area contributed by atoms with E-state index in [-0.39, 0.29) is 17.9 Å². The Labute approximate surface area is 197 Å². The van der Waals surface area contributed by atoms with Gasteiger partial charge in [0.1, 0.15) is 12.4 Å². The third-order valence-corrected chi connectivity index (χ3v) is 5.77. The number of carbonyl (C=O) groups excluding carboxylic acids is 1. The Morgan fingerprint density at radius 2 is 1.59 bits per heavy atom. The van der Waals surface area contributed by atoms with Gasteiger partial charge in [0.25, 0.3) is 5.69 Å². The monoisotopic (exact) mass is 455 g/mol. The number of carbonyl (C=O) groups is 1. The van der Waals surface area contributed by atoms with E-state index in [2.05, 4.69) is 5.10 Å². The lowest BCUT2D eigenvalue weighted by atomic mass is 10.0. The predicted octanol–water partition coefficient (Wildman–Crippen LogP) is 5.46. The van der Waals surface area contributed by atoms with Crippen LogP contribution in [-0.4, -0.2) is 20.5 Å². The molecule has 0 saturated heterocycles. The van der Waals surface area contributed by atoms with Crippen molar-refractivity contribution in [1.82, 2.24) is 9.78 Å². The average molecular weight is 456 g/mol. The van der Waals surface area contributed by atoms with Crippen LogP contribution in [0.25, 0.3) is 0 Å². The van der Waals surface area contributed by atoms with Crippen LogP contribution in [0.3, 0.4) is 0 Å². The molecule has 0 atom stereocenters. The van der Waals surface area contributed by atoms with Crippen molar-refractivity contribution in [3.05, 3.63) is 123 Å². The summed E-state index contributed by atoms with van der Waals surface area (Å²) >= 11 is 0. The van der Waals surface area contributed by atoms with Crippen molar-refractivity contribution in [2.75, 3.05) is 0 Å². The highest BCUT2D eigenvalue weighted by Gasteiger charge is 2.17. The maximum Gasteiger partial charge on any atom is 0.269 e. The van der Waals surface area contributed by atoms with Crippen molar-refractivity contribution in [3.63, 3.8) is 0 Å². The number of aromatic nitrogens is 2. The van der Waals surface area contributed by atoms with Crippen LogP contribution < -0.4 is 4.74 Å². The topological polar surface area (TPSA) is 87.3 Å². The van der Waals surface area contributed by atoms with Crippen LogP contribution in [0, 0.1) is 24.0 Å². The van der Waals surface area contributed by atoms with Crippen molar-refractivity contribution in [2.45, 2.75) is 33.4 Å². The molecule has 0 radical (unpaired) electrons. The Bertz CT molecular complexity index is 1290. The third kappa shape index (κ3) is 5.38. The van der Waals surface area contributed by atoms with Gasteiger partial charge >= 0.3 is 0 Å². The van der Waals surface area contributed by atoms with E-state index in [1.54, 1.807) is 12.1 Å². The minimum absolute atomic E-state index is 0.0246. The van der Waals surface area contributed by atoms with E-state index >= 15 is 0 Å². The van der Waals surface area contributed by atoms with Crippen LogP contribution in [0.1, 0.15) is 38.4 Å². The van der Waals surface area contributed by atoms with Gasteiger partial charge in [-0.05, 0) is 37.1 Å². The maximum absolute atomic E-state index is 12.9. The number of hydrogen-bond donors (Lipinski definition) is 0. The molecule has 3 aromatic carbocycles. The molecule has 0 amide bonds. The standard InChI is InChI=1S/C27H25N3O4/c1-19-26(20(2)29(28-19)17-21-10-14-24(15-11-21)30(32)33)16-27(31)23-12-8-22(9-13-23)18-34-25-6-4-3-5-7-25/h3-15H,16-18H2,1-2H3. The molecule has 4 aromatic rings. The van der Waals surface area contributed by atoms with E-state index < -0.39 is 4.92 Å². The number of ketones is 1. The zero-order chi connectivity index (χ0) is 24.1. The number of aryl methyl sites for hydroxylation is 1. The second-order valence-corrected chi connectivity index (χ2v) is 8.13. The highest BCUT2D eigenvalue weighted by molar-refractivity contribution is 5.97. The molecule has 34 heavy (non-hydrogen) atoms. The number of nitro benzene ring substituents is 1. The number of para-hydroxylation sites is 1. The number of non-ortho nitro benzene ring substituents is 1. The third-order valence-electron chi connectivity index (χ3n) is 5.77. The maximum atomic E-state index is 12.9. The summed E-state index contributed by atoms with van der Waals surface area (Å²) < 4.78 is 7.60. The smallest absolute Gasteiger partial charge is 0.269 e. The molecular weight excluding hydrogens is 430 g/mol. The number of nitrogens with zero attached hydrogens (tertiary/aromatic N) is 3. The Kier molecular flexibility index (Phi) is 6.82. The fourth-order valence-corrected chi connectivity index (χ4v) is 3.77. The van der Waals surface area contributed by atoms with E-state index in [1.807, 2.05) is 73.1 Å². The number of ether oxygens (including phenoxy) is 1. The zero-order valence-corrected chi connectivity index (χ0v) is 19.1. The molecule has 0 N–H and O–H groups in total. The first-order valence-corrected chi connectivity index (χ1v) is 11.0. The molecule has 7 heteroatoms. The van der Waals surface area contributed by atoms with Crippen LogP contribution in [0.5, 0.6) is 5.75 Å². The zero-order valence-electron chi connectivity index (χ0n) is 19.1. The number of hydrogen-bond acceptors (Lipinski definition) is 5. The van der Waals surface area contributed by atoms with Gasteiger partial charge in [-0.3, -0.25) is 19.6 Å². The van der Waals surface area contributed by atoms with E-state index in [9.17, 15) is 14.9 Å². The first-order valence-electron chi connectivity index (χ1n) is 11.0. The van der Waals surface area contributed by atoms with Gasteiger partial charge in [-0.25, -0.2) is 0 Å². The fraction of sp³-hybridized carbons (Fsp3) is 0.185. The van der Waals surface area contributed by atoms with Crippen LogP contribution in [-0.2, 0) is 19.6 Å². The van der Waals surface area contributed by atoms with Crippen molar-refractivity contribution >= 4 is 11.5 Å². The van der Waals surface area contributed by atoms with Gasteiger partial charge in [-0.1, -0.05) is 54.6 Å². The second kappa shape index (κ2) is 10.1. The molecule has 0 fully saturated rings. The lowest BCUT2D eigenvalue weighted by molar-refractivity contribution is -0.384. The molecular formula is C27H25N3O4. The summed E-state index contributed by atoms with van der Waals surface area (Å²) in [4.78, 5) is 23.4. The Morgan fingerprint density at radius 1 is 0.941 bits per heavy atom. The molecule has 0 saturated carbocycles. The van der Waals surface area contributed by atoms with E-state index in [0.717, 1.165) is 33.8 Å². The average Bonchev–Trinajstić information content (AvgIpc) is 3.11. The minimum Gasteiger partial charge on any atom is -0.489 e. The van der Waals surface area contributed by atoms with Gasteiger partial charge in [0.2, 0.25) is 0 Å². The summed E-state index contributed by atoms with van der Waals surface area (Å²) in [5.74, 6) is 0.830. The molecule has 4 rings (SSSR count). The molecule has 7 nitrogen and oxygen atoms in total. The molecule has 1 heterocycles. The summed E-state index contributed by atoms with van der Waals surface area (Å²) in [5.41, 5.74) is 5.22. The number of benzene rings is 3. The lowest BCUT2D eigenvalue weighted by Gasteiger charge is -2.08. The van der Waals surface area contributed by atoms with Gasteiger partial charge in [0, 0.05) is 35.4 Å². The second-order valence-electron chi connectivity index (χ2n) is 8.13. The lowest BCUT2D eigenvalue weighted by Crippen LogP contribution is -2.07. The van der Waals surface area contributed by atoms with Crippen molar-refractivity contribution in [1.29, 1.82) is 0 Å². The minimum atomic E-state index is -0.417. The fourth-order valence-electron chi connectivity index (χ4n) is 3.77. The molecule has 0 spiro atoms. The molecule has 1 aromatic heterocycles. The van der Waals surface area contributed by atoms with Gasteiger partial charge < -0.3 is 4.74 Å². The Hall–Kier alpha value is -4.26. The molecule has 0 bridgehead atoms. The number of Topliss-reactive ketones (excluding diaryl/α,β-unsaturated/α-hetero) is 1. The molecule has 172 valence electrons. The van der Waals surface area contributed by atoms with E-state index in [0.29, 0.717) is 18.7 Å². The largest absolute Gasteiger partial charge is 0.489 e. The van der Waals surface area contributed by atoms with Crippen molar-refractivity contribution in [2.24, 2.45) is 0 Å². The summed E-state index contributed by atoms with van der Waals surface area (Å²) in [7, 11) is 0. The summed E-state index contributed by atoms with van der Waals surface area (Å²) in [6.45, 7) is 4.76. The SMILES string of the molecule is Cc1nn(Cc2ccc([N+](=O)[O-])cc2)c(C)c1CC(=O)c1ccc(COc2ccccc2)cc1.